The molecule has 0 atom stereocenters. The SMILES string of the molecule is CN(C)c1ccc(/[N+]([O-])=C\c2ccc(Cl)cc2)cc1. The Labute approximate surface area is 117 Å². The summed E-state index contributed by atoms with van der Waals surface area (Å²) < 4.78 is 0.850. The van der Waals surface area contributed by atoms with Crippen molar-refractivity contribution in [2.45, 2.75) is 0 Å². The standard InChI is InChI=1S/C15H15ClN2O/c1-17(2)14-7-9-15(10-8-14)18(19)11-12-3-5-13(16)6-4-12/h3-11H,1-2H3/b18-11+. The second-order valence-electron chi connectivity index (χ2n) is 4.42. The Kier molecular flexibility index (Phi) is 4.07. The second kappa shape index (κ2) is 5.76. The molecule has 0 amide bonds. The van der Waals surface area contributed by atoms with Crippen molar-refractivity contribution in [3.05, 3.63) is 64.3 Å². The Hall–Kier alpha value is -2.00. The van der Waals surface area contributed by atoms with Gasteiger partial charge in [0.25, 0.3) is 0 Å². The van der Waals surface area contributed by atoms with Crippen molar-refractivity contribution in [1.82, 2.24) is 0 Å². The van der Waals surface area contributed by atoms with E-state index in [0.717, 1.165) is 16.0 Å². The summed E-state index contributed by atoms with van der Waals surface area (Å²) in [5, 5.41) is 12.7. The maximum atomic E-state index is 12.0. The largest absolute Gasteiger partial charge is 0.618 e. The molecule has 0 aromatic heterocycles. The molecule has 0 aliphatic carbocycles. The fourth-order valence-electron chi connectivity index (χ4n) is 1.66. The number of halogens is 1. The Morgan fingerprint density at radius 1 is 1.00 bits per heavy atom. The van der Waals surface area contributed by atoms with Crippen LogP contribution in [-0.2, 0) is 0 Å². The summed E-state index contributed by atoms with van der Waals surface area (Å²) in [6.07, 6.45) is 1.53. The summed E-state index contributed by atoms with van der Waals surface area (Å²) in [6, 6.07) is 14.6. The molecule has 0 fully saturated rings. The average Bonchev–Trinajstić information content (AvgIpc) is 2.41. The van der Waals surface area contributed by atoms with Crippen LogP contribution in [0.2, 0.25) is 5.02 Å². The predicted molar refractivity (Wildman–Crippen MR) is 80.7 cm³/mol. The van der Waals surface area contributed by atoms with E-state index in [1.54, 1.807) is 36.4 Å². The number of hydrogen-bond donors (Lipinski definition) is 0. The zero-order chi connectivity index (χ0) is 13.8. The molecule has 0 aliphatic heterocycles. The first kappa shape index (κ1) is 13.4. The van der Waals surface area contributed by atoms with E-state index < -0.39 is 0 Å². The molecule has 0 aliphatic rings. The van der Waals surface area contributed by atoms with Gasteiger partial charge in [-0.25, -0.2) is 0 Å². The molecular formula is C15H15ClN2O. The van der Waals surface area contributed by atoms with Crippen LogP contribution in [0.3, 0.4) is 0 Å². The summed E-state index contributed by atoms with van der Waals surface area (Å²) >= 11 is 5.80. The lowest BCUT2D eigenvalue weighted by Gasteiger charge is -2.12. The third kappa shape index (κ3) is 3.48. The molecule has 2 aromatic carbocycles. The molecule has 3 nitrogen and oxygen atoms in total. The zero-order valence-corrected chi connectivity index (χ0v) is 11.6. The Balaban J connectivity index is 2.23. The molecule has 0 unspecified atom stereocenters. The van der Waals surface area contributed by atoms with Gasteiger partial charge in [0.2, 0.25) is 5.69 Å². The minimum absolute atomic E-state index is 0.598. The van der Waals surface area contributed by atoms with Crippen molar-refractivity contribution >= 4 is 29.2 Å². The highest BCUT2D eigenvalue weighted by atomic mass is 35.5. The lowest BCUT2D eigenvalue weighted by molar-refractivity contribution is -0.354. The zero-order valence-electron chi connectivity index (χ0n) is 10.9. The van der Waals surface area contributed by atoms with Crippen molar-refractivity contribution in [1.29, 1.82) is 0 Å². The van der Waals surface area contributed by atoms with Gasteiger partial charge in [-0.3, -0.25) is 0 Å². The first-order valence-corrected chi connectivity index (χ1v) is 6.28. The van der Waals surface area contributed by atoms with Gasteiger partial charge in [-0.05, 0) is 36.4 Å². The maximum absolute atomic E-state index is 12.0. The quantitative estimate of drug-likeness (QED) is 0.370. The van der Waals surface area contributed by atoms with Gasteiger partial charge in [-0.1, -0.05) is 11.6 Å². The molecule has 0 spiro atoms. The molecule has 4 heteroatoms. The molecule has 0 radical (unpaired) electrons. The Bertz CT molecular complexity index is 574. The molecule has 19 heavy (non-hydrogen) atoms. The minimum atomic E-state index is 0.598. The Morgan fingerprint density at radius 3 is 2.11 bits per heavy atom. The van der Waals surface area contributed by atoms with Crippen LogP contribution in [0.1, 0.15) is 5.56 Å². The number of hydrogen-bond acceptors (Lipinski definition) is 2. The van der Waals surface area contributed by atoms with E-state index in [1.165, 1.54) is 6.21 Å². The van der Waals surface area contributed by atoms with Crippen LogP contribution < -0.4 is 4.90 Å². The number of anilines is 1. The van der Waals surface area contributed by atoms with E-state index in [-0.39, 0.29) is 0 Å². The fraction of sp³-hybridized carbons (Fsp3) is 0.133. The molecule has 0 N–H and O–H groups in total. The topological polar surface area (TPSA) is 29.3 Å². The number of nitrogens with zero attached hydrogens (tertiary/aromatic N) is 2. The molecular weight excluding hydrogens is 260 g/mol. The first-order chi connectivity index (χ1) is 9.06. The summed E-state index contributed by atoms with van der Waals surface area (Å²) in [4.78, 5) is 1.99. The first-order valence-electron chi connectivity index (χ1n) is 5.90. The van der Waals surface area contributed by atoms with Gasteiger partial charge in [0.15, 0.2) is 6.21 Å². The van der Waals surface area contributed by atoms with Gasteiger partial charge in [0, 0.05) is 42.5 Å². The monoisotopic (exact) mass is 274 g/mol. The molecule has 2 rings (SSSR count). The van der Waals surface area contributed by atoms with Gasteiger partial charge in [-0.2, -0.15) is 4.74 Å². The highest BCUT2D eigenvalue weighted by Gasteiger charge is 2.03. The van der Waals surface area contributed by atoms with Crippen LogP contribution in [0.4, 0.5) is 11.4 Å². The molecule has 98 valence electrons. The highest BCUT2D eigenvalue weighted by Crippen LogP contribution is 2.17. The average molecular weight is 275 g/mol. The molecule has 0 saturated carbocycles. The highest BCUT2D eigenvalue weighted by molar-refractivity contribution is 6.30. The lowest BCUT2D eigenvalue weighted by Crippen LogP contribution is -2.08. The molecule has 2 aromatic rings. The lowest BCUT2D eigenvalue weighted by atomic mass is 10.2. The van der Waals surface area contributed by atoms with Crippen LogP contribution >= 0.6 is 11.6 Å². The Morgan fingerprint density at radius 2 is 1.58 bits per heavy atom. The summed E-state index contributed by atoms with van der Waals surface area (Å²) in [5.74, 6) is 0. The smallest absolute Gasteiger partial charge is 0.216 e. The summed E-state index contributed by atoms with van der Waals surface area (Å²) in [7, 11) is 3.92. The van der Waals surface area contributed by atoms with E-state index in [0.29, 0.717) is 10.7 Å². The van der Waals surface area contributed by atoms with Crippen LogP contribution in [0.15, 0.2) is 48.5 Å². The fourth-order valence-corrected chi connectivity index (χ4v) is 1.78. The maximum Gasteiger partial charge on any atom is 0.216 e. The van der Waals surface area contributed by atoms with Crippen molar-refractivity contribution in [3.8, 4) is 0 Å². The normalized spacial score (nSPS) is 11.4. The van der Waals surface area contributed by atoms with E-state index in [4.69, 9.17) is 11.6 Å². The third-order valence-electron chi connectivity index (χ3n) is 2.76. The molecule has 0 bridgehead atoms. The summed E-state index contributed by atoms with van der Waals surface area (Å²) in [6.45, 7) is 0. The van der Waals surface area contributed by atoms with Crippen molar-refractivity contribution in [2.24, 2.45) is 0 Å². The second-order valence-corrected chi connectivity index (χ2v) is 4.85. The van der Waals surface area contributed by atoms with Crippen molar-refractivity contribution < 1.29 is 4.74 Å². The van der Waals surface area contributed by atoms with E-state index >= 15 is 0 Å². The minimum Gasteiger partial charge on any atom is -0.618 e. The molecule has 0 heterocycles. The van der Waals surface area contributed by atoms with E-state index in [1.807, 2.05) is 31.1 Å². The van der Waals surface area contributed by atoms with E-state index in [2.05, 4.69) is 0 Å². The van der Waals surface area contributed by atoms with Gasteiger partial charge in [-0.15, -0.1) is 0 Å². The van der Waals surface area contributed by atoms with Crippen LogP contribution in [0, 0.1) is 5.21 Å². The van der Waals surface area contributed by atoms with Gasteiger partial charge >= 0.3 is 0 Å². The van der Waals surface area contributed by atoms with Crippen molar-refractivity contribution in [3.63, 3.8) is 0 Å². The molecule has 0 saturated heterocycles. The van der Waals surface area contributed by atoms with Gasteiger partial charge < -0.3 is 10.1 Å². The van der Waals surface area contributed by atoms with E-state index in [9.17, 15) is 5.21 Å². The van der Waals surface area contributed by atoms with Gasteiger partial charge in [0.1, 0.15) is 0 Å². The summed E-state index contributed by atoms with van der Waals surface area (Å²) in [5.41, 5.74) is 2.47. The van der Waals surface area contributed by atoms with Crippen LogP contribution in [0.25, 0.3) is 0 Å². The van der Waals surface area contributed by atoms with Crippen molar-refractivity contribution in [2.75, 3.05) is 19.0 Å². The predicted octanol–water partition coefficient (Wildman–Crippen LogP) is 3.67. The third-order valence-corrected chi connectivity index (χ3v) is 3.01. The number of benzene rings is 2. The van der Waals surface area contributed by atoms with Crippen LogP contribution in [0.5, 0.6) is 0 Å². The van der Waals surface area contributed by atoms with Crippen LogP contribution in [-0.4, -0.2) is 25.0 Å². The van der Waals surface area contributed by atoms with Gasteiger partial charge in [0.05, 0.1) is 0 Å². The number of rotatable bonds is 3.